The molecule has 0 amide bonds. The highest BCUT2D eigenvalue weighted by molar-refractivity contribution is 6.76. The third kappa shape index (κ3) is 2.16. The second kappa shape index (κ2) is 5.10. The second-order valence-corrected chi connectivity index (χ2v) is 16.2. The van der Waals surface area contributed by atoms with Crippen LogP contribution in [0, 0.1) is 17.8 Å². The highest BCUT2D eigenvalue weighted by Gasteiger charge is 2.69. The van der Waals surface area contributed by atoms with Gasteiger partial charge in [-0.15, -0.1) is 0 Å². The normalized spacial score (nSPS) is 23.0. The molecular formula is C23H36Si. The van der Waals surface area contributed by atoms with Crippen molar-refractivity contribution in [1.29, 1.82) is 0 Å². The van der Waals surface area contributed by atoms with E-state index in [2.05, 4.69) is 79.4 Å². The fourth-order valence-electron chi connectivity index (χ4n) is 6.66. The van der Waals surface area contributed by atoms with Crippen molar-refractivity contribution in [2.24, 2.45) is 10.8 Å². The van der Waals surface area contributed by atoms with Gasteiger partial charge in [-0.05, 0) is 58.9 Å². The minimum atomic E-state index is -1.17. The molecule has 1 spiro atoms. The quantitative estimate of drug-likeness (QED) is 0.520. The maximum atomic E-state index is 2.62. The summed E-state index contributed by atoms with van der Waals surface area (Å²) in [7, 11) is -1.17. The molecule has 1 heteroatoms. The molecule has 132 valence electrons. The van der Waals surface area contributed by atoms with Gasteiger partial charge in [-0.25, -0.2) is 0 Å². The SMILES string of the molecule is CCc1ccc2c(c1C)C=C(C[Si](C)(C)C)C21C(C)(C)CC1(C)C. The van der Waals surface area contributed by atoms with Gasteiger partial charge in [-0.1, -0.05) is 78.0 Å². The molecule has 0 heterocycles. The van der Waals surface area contributed by atoms with E-state index >= 15 is 0 Å². The largest absolute Gasteiger partial charge is 0.0693 e. The Morgan fingerprint density at radius 1 is 1.00 bits per heavy atom. The number of hydrogen-bond donors (Lipinski definition) is 0. The number of benzene rings is 1. The molecule has 0 radical (unpaired) electrons. The maximum Gasteiger partial charge on any atom is 0.0483 e. The summed E-state index contributed by atoms with van der Waals surface area (Å²) in [5.74, 6) is 0. The first-order valence-electron chi connectivity index (χ1n) is 9.71. The van der Waals surface area contributed by atoms with Crippen LogP contribution in [-0.4, -0.2) is 8.07 Å². The van der Waals surface area contributed by atoms with Crippen LogP contribution < -0.4 is 0 Å². The molecule has 0 aromatic heterocycles. The lowest BCUT2D eigenvalue weighted by molar-refractivity contribution is -0.0889. The molecule has 0 bridgehead atoms. The van der Waals surface area contributed by atoms with E-state index < -0.39 is 8.07 Å². The molecule has 1 aromatic rings. The summed E-state index contributed by atoms with van der Waals surface area (Å²) in [5.41, 5.74) is 8.93. The molecule has 0 atom stereocenters. The Balaban J connectivity index is 2.28. The van der Waals surface area contributed by atoms with Gasteiger partial charge in [0.05, 0.1) is 0 Å². The molecule has 0 aliphatic heterocycles. The van der Waals surface area contributed by atoms with E-state index in [-0.39, 0.29) is 5.41 Å². The maximum absolute atomic E-state index is 2.62. The van der Waals surface area contributed by atoms with Crippen LogP contribution >= 0.6 is 0 Å². The lowest BCUT2D eigenvalue weighted by Crippen LogP contribution is -2.64. The van der Waals surface area contributed by atoms with Gasteiger partial charge in [-0.2, -0.15) is 0 Å². The smallest absolute Gasteiger partial charge is 0.0483 e. The van der Waals surface area contributed by atoms with Crippen molar-refractivity contribution in [2.45, 2.75) is 85.5 Å². The number of fused-ring (bicyclic) bond motifs is 2. The highest BCUT2D eigenvalue weighted by atomic mass is 28.3. The lowest BCUT2D eigenvalue weighted by atomic mass is 9.35. The van der Waals surface area contributed by atoms with Crippen molar-refractivity contribution in [1.82, 2.24) is 0 Å². The minimum Gasteiger partial charge on any atom is -0.0693 e. The summed E-state index contributed by atoms with van der Waals surface area (Å²) in [4.78, 5) is 0. The predicted molar refractivity (Wildman–Crippen MR) is 111 cm³/mol. The Morgan fingerprint density at radius 2 is 1.58 bits per heavy atom. The van der Waals surface area contributed by atoms with Crippen LogP contribution in [0.1, 0.15) is 63.3 Å². The first kappa shape index (κ1) is 18.0. The van der Waals surface area contributed by atoms with E-state index in [0.717, 1.165) is 6.42 Å². The van der Waals surface area contributed by atoms with E-state index in [1.54, 1.807) is 16.7 Å². The summed E-state index contributed by atoms with van der Waals surface area (Å²) < 4.78 is 0. The first-order valence-corrected chi connectivity index (χ1v) is 13.4. The van der Waals surface area contributed by atoms with E-state index in [4.69, 9.17) is 0 Å². The average molecular weight is 341 g/mol. The Labute approximate surface area is 150 Å². The average Bonchev–Trinajstić information content (AvgIpc) is 2.73. The zero-order chi connectivity index (χ0) is 18.1. The molecule has 0 saturated heterocycles. The van der Waals surface area contributed by atoms with E-state index in [1.807, 2.05) is 0 Å². The molecule has 24 heavy (non-hydrogen) atoms. The van der Waals surface area contributed by atoms with Crippen LogP contribution in [0.25, 0.3) is 6.08 Å². The van der Waals surface area contributed by atoms with Crippen LogP contribution in [0.4, 0.5) is 0 Å². The number of aryl methyl sites for hydroxylation is 1. The van der Waals surface area contributed by atoms with E-state index in [9.17, 15) is 0 Å². The first-order chi connectivity index (χ1) is 10.9. The number of allylic oxidation sites excluding steroid dienone is 1. The summed E-state index contributed by atoms with van der Waals surface area (Å²) >= 11 is 0. The fraction of sp³-hybridized carbons (Fsp3) is 0.652. The van der Waals surface area contributed by atoms with Crippen LogP contribution in [-0.2, 0) is 11.8 Å². The zero-order valence-electron chi connectivity index (χ0n) is 17.4. The number of hydrogen-bond acceptors (Lipinski definition) is 0. The van der Waals surface area contributed by atoms with E-state index in [1.165, 1.54) is 23.6 Å². The number of rotatable bonds is 3. The van der Waals surface area contributed by atoms with Gasteiger partial charge < -0.3 is 0 Å². The predicted octanol–water partition coefficient (Wildman–Crippen LogP) is 6.99. The standard InChI is InChI=1S/C23H36Si/c1-10-17-11-12-20-19(16(17)2)13-18(14-24(7,8)9)23(20)21(3,4)15-22(23,5)6/h11-13H,10,14-15H2,1-9H3. The Bertz CT molecular complexity index is 696. The van der Waals surface area contributed by atoms with Crippen molar-refractivity contribution in [2.75, 3.05) is 0 Å². The molecule has 1 fully saturated rings. The van der Waals surface area contributed by atoms with Gasteiger partial charge in [0.25, 0.3) is 0 Å². The molecule has 1 saturated carbocycles. The van der Waals surface area contributed by atoms with E-state index in [0.29, 0.717) is 10.8 Å². The summed E-state index contributed by atoms with van der Waals surface area (Å²) in [6, 6.07) is 6.22. The monoisotopic (exact) mass is 340 g/mol. The van der Waals surface area contributed by atoms with Gasteiger partial charge in [0.2, 0.25) is 0 Å². The van der Waals surface area contributed by atoms with Crippen molar-refractivity contribution >= 4 is 14.1 Å². The van der Waals surface area contributed by atoms with Crippen LogP contribution in [0.5, 0.6) is 0 Å². The molecule has 2 aliphatic carbocycles. The van der Waals surface area contributed by atoms with Crippen LogP contribution in [0.3, 0.4) is 0 Å². The Hall–Kier alpha value is -0.823. The molecule has 0 nitrogen and oxygen atoms in total. The second-order valence-electron chi connectivity index (χ2n) is 10.8. The molecule has 1 aromatic carbocycles. The summed E-state index contributed by atoms with van der Waals surface area (Å²) in [6.07, 6.45) is 5.07. The fourth-order valence-corrected chi connectivity index (χ4v) is 8.17. The highest BCUT2D eigenvalue weighted by Crippen LogP contribution is 2.74. The van der Waals surface area contributed by atoms with Gasteiger partial charge in [-0.3, -0.25) is 0 Å². The third-order valence-electron chi connectivity index (χ3n) is 6.85. The van der Waals surface area contributed by atoms with Gasteiger partial charge >= 0.3 is 0 Å². The molecule has 0 unspecified atom stereocenters. The summed E-state index contributed by atoms with van der Waals surface area (Å²) in [6.45, 7) is 22.2. The molecular weight excluding hydrogens is 304 g/mol. The van der Waals surface area contributed by atoms with Crippen LogP contribution in [0.15, 0.2) is 17.7 Å². The van der Waals surface area contributed by atoms with Crippen molar-refractivity contribution in [3.8, 4) is 0 Å². The van der Waals surface area contributed by atoms with Gasteiger partial charge in [0.1, 0.15) is 0 Å². The molecule has 0 N–H and O–H groups in total. The lowest BCUT2D eigenvalue weighted by Gasteiger charge is -2.68. The zero-order valence-corrected chi connectivity index (χ0v) is 18.4. The minimum absolute atomic E-state index is 0.243. The summed E-state index contributed by atoms with van der Waals surface area (Å²) in [5, 5.41) is 0. The van der Waals surface area contributed by atoms with Crippen molar-refractivity contribution in [3.63, 3.8) is 0 Å². The Kier molecular flexibility index (Phi) is 3.82. The van der Waals surface area contributed by atoms with Crippen molar-refractivity contribution in [3.05, 3.63) is 40.0 Å². The van der Waals surface area contributed by atoms with Crippen LogP contribution in [0.2, 0.25) is 25.7 Å². The third-order valence-corrected chi connectivity index (χ3v) is 8.29. The van der Waals surface area contributed by atoms with Gasteiger partial charge in [0, 0.05) is 13.5 Å². The van der Waals surface area contributed by atoms with Crippen molar-refractivity contribution < 1.29 is 0 Å². The Morgan fingerprint density at radius 3 is 2.04 bits per heavy atom. The molecule has 2 aliphatic rings. The van der Waals surface area contributed by atoms with Gasteiger partial charge in [0.15, 0.2) is 0 Å². The topological polar surface area (TPSA) is 0 Å². The molecule has 3 rings (SSSR count).